The Balaban J connectivity index is 1.62. The number of hydrogen-bond donors (Lipinski definition) is 2. The van der Waals surface area contributed by atoms with E-state index in [1.54, 1.807) is 6.20 Å². The van der Waals surface area contributed by atoms with Gasteiger partial charge in [-0.05, 0) is 43.0 Å². The van der Waals surface area contributed by atoms with Crippen LogP contribution in [0.1, 0.15) is 26.2 Å². The van der Waals surface area contributed by atoms with Gasteiger partial charge in [0, 0.05) is 25.0 Å². The highest BCUT2D eigenvalue weighted by Gasteiger charge is 2.31. The summed E-state index contributed by atoms with van der Waals surface area (Å²) in [4.78, 5) is 12.6. The average molecular weight is 376 g/mol. The third-order valence-corrected chi connectivity index (χ3v) is 6.62. The van der Waals surface area contributed by atoms with Crippen LogP contribution in [-0.2, 0) is 14.8 Å². The lowest BCUT2D eigenvalue weighted by Gasteiger charge is -2.31. The molecule has 1 fully saturated rings. The minimum Gasteiger partial charge on any atom is -0.326 e. The van der Waals surface area contributed by atoms with Crippen molar-refractivity contribution < 1.29 is 13.2 Å². The Labute approximate surface area is 153 Å². The molecule has 1 aromatic carbocycles. The molecule has 1 aliphatic heterocycles. The van der Waals surface area contributed by atoms with E-state index in [4.69, 9.17) is 0 Å². The number of sulfonamides is 1. The van der Waals surface area contributed by atoms with Crippen LogP contribution >= 0.6 is 0 Å². The van der Waals surface area contributed by atoms with E-state index in [9.17, 15) is 13.2 Å². The first-order valence-corrected chi connectivity index (χ1v) is 10.5. The topological polar surface area (TPSA) is 95.2 Å². The van der Waals surface area contributed by atoms with Gasteiger partial charge in [-0.25, -0.2) is 12.7 Å². The highest BCUT2D eigenvalue weighted by atomic mass is 32.2. The number of amides is 1. The Morgan fingerprint density at radius 3 is 2.73 bits per heavy atom. The number of nitrogens with zero attached hydrogens (tertiary/aromatic N) is 2. The van der Waals surface area contributed by atoms with Crippen LogP contribution in [-0.4, -0.2) is 47.7 Å². The van der Waals surface area contributed by atoms with Gasteiger partial charge in [-0.15, -0.1) is 0 Å². The summed E-state index contributed by atoms with van der Waals surface area (Å²) in [6, 6.07) is 9.36. The molecule has 1 aromatic heterocycles. The van der Waals surface area contributed by atoms with E-state index in [0.29, 0.717) is 31.5 Å². The number of aromatic amines is 1. The van der Waals surface area contributed by atoms with Crippen molar-refractivity contribution in [3.05, 3.63) is 36.5 Å². The zero-order valence-corrected chi connectivity index (χ0v) is 15.6. The zero-order valence-electron chi connectivity index (χ0n) is 14.8. The molecular weight excluding hydrogens is 352 g/mol. The van der Waals surface area contributed by atoms with Gasteiger partial charge in [0.15, 0.2) is 0 Å². The molecule has 2 aromatic rings. The molecule has 3 rings (SSSR count). The number of piperidine rings is 1. The lowest BCUT2D eigenvalue weighted by atomic mass is 9.98. The normalized spacial score (nSPS) is 18.6. The van der Waals surface area contributed by atoms with E-state index in [1.165, 1.54) is 4.31 Å². The second kappa shape index (κ2) is 8.01. The molecular formula is C18H24N4O3S. The fourth-order valence-electron chi connectivity index (χ4n) is 3.19. The van der Waals surface area contributed by atoms with Crippen molar-refractivity contribution in [2.24, 2.45) is 5.92 Å². The SMILES string of the molecule is CCCS(=O)(=O)N1CCC[C@@H](C(=O)Nc2ccc(-c3ccn[nH]3)cc2)C1. The smallest absolute Gasteiger partial charge is 0.228 e. The number of aromatic nitrogens is 2. The first-order chi connectivity index (χ1) is 12.5. The number of nitrogens with one attached hydrogen (secondary N) is 2. The maximum absolute atomic E-state index is 12.6. The number of benzene rings is 1. The van der Waals surface area contributed by atoms with Crippen molar-refractivity contribution in [3.63, 3.8) is 0 Å². The standard InChI is InChI=1S/C18H24N4O3S/c1-2-12-26(24,25)22-11-3-4-15(13-22)18(23)20-16-7-5-14(6-8-16)17-9-10-19-21-17/h5-10,15H,2-4,11-13H2,1H3,(H,19,21)(H,20,23)/t15-/m1/s1. The third-order valence-electron chi connectivity index (χ3n) is 4.57. The first-order valence-electron chi connectivity index (χ1n) is 8.88. The molecule has 0 radical (unpaired) electrons. The number of carbonyl (C=O) groups is 1. The van der Waals surface area contributed by atoms with Gasteiger partial charge in [-0.3, -0.25) is 9.89 Å². The fourth-order valence-corrected chi connectivity index (χ4v) is 4.78. The number of carbonyl (C=O) groups excluding carboxylic acids is 1. The van der Waals surface area contributed by atoms with Crippen LogP contribution < -0.4 is 5.32 Å². The summed E-state index contributed by atoms with van der Waals surface area (Å²) in [6.45, 7) is 2.62. The number of H-pyrrole nitrogens is 1. The quantitative estimate of drug-likeness (QED) is 0.810. The van der Waals surface area contributed by atoms with E-state index >= 15 is 0 Å². The molecule has 1 saturated heterocycles. The molecule has 1 aliphatic rings. The molecule has 8 heteroatoms. The second-order valence-corrected chi connectivity index (χ2v) is 8.64. The van der Waals surface area contributed by atoms with Crippen LogP contribution in [0.5, 0.6) is 0 Å². The molecule has 0 saturated carbocycles. The molecule has 0 unspecified atom stereocenters. The van der Waals surface area contributed by atoms with Crippen LogP contribution in [0.15, 0.2) is 36.5 Å². The maximum atomic E-state index is 12.6. The van der Waals surface area contributed by atoms with Crippen LogP contribution in [0.3, 0.4) is 0 Å². The van der Waals surface area contributed by atoms with Crippen LogP contribution in [0.2, 0.25) is 0 Å². The predicted octanol–water partition coefficient (Wildman–Crippen LogP) is 2.47. The summed E-state index contributed by atoms with van der Waals surface area (Å²) in [5.74, 6) is -0.311. The number of rotatable bonds is 6. The van der Waals surface area contributed by atoms with Crippen LogP contribution in [0.4, 0.5) is 5.69 Å². The second-order valence-electron chi connectivity index (χ2n) is 6.55. The summed E-state index contributed by atoms with van der Waals surface area (Å²) in [5, 5.41) is 9.72. The minimum atomic E-state index is -3.26. The van der Waals surface area contributed by atoms with E-state index in [-0.39, 0.29) is 24.1 Å². The van der Waals surface area contributed by atoms with Crippen molar-refractivity contribution in [1.29, 1.82) is 0 Å². The van der Waals surface area contributed by atoms with Gasteiger partial charge in [0.2, 0.25) is 15.9 Å². The summed E-state index contributed by atoms with van der Waals surface area (Å²) in [7, 11) is -3.26. The van der Waals surface area contributed by atoms with E-state index < -0.39 is 10.0 Å². The van der Waals surface area contributed by atoms with Crippen molar-refractivity contribution in [1.82, 2.24) is 14.5 Å². The van der Waals surface area contributed by atoms with Gasteiger partial charge in [-0.2, -0.15) is 5.10 Å². The van der Waals surface area contributed by atoms with E-state index in [1.807, 2.05) is 37.3 Å². The molecule has 2 N–H and O–H groups in total. The summed E-state index contributed by atoms with van der Waals surface area (Å²) in [6.07, 6.45) is 3.68. The van der Waals surface area contributed by atoms with Crippen molar-refractivity contribution in [2.75, 3.05) is 24.2 Å². The number of anilines is 1. The summed E-state index contributed by atoms with van der Waals surface area (Å²) in [5.41, 5.74) is 2.59. The molecule has 0 bridgehead atoms. The van der Waals surface area contributed by atoms with E-state index in [2.05, 4.69) is 15.5 Å². The predicted molar refractivity (Wildman–Crippen MR) is 101 cm³/mol. The summed E-state index contributed by atoms with van der Waals surface area (Å²) < 4.78 is 26.0. The van der Waals surface area contributed by atoms with Crippen LogP contribution in [0, 0.1) is 5.92 Å². The lowest BCUT2D eigenvalue weighted by Crippen LogP contribution is -2.44. The van der Waals surface area contributed by atoms with Crippen LogP contribution in [0.25, 0.3) is 11.3 Å². The monoisotopic (exact) mass is 376 g/mol. The molecule has 0 aliphatic carbocycles. The van der Waals surface area contributed by atoms with Gasteiger partial charge >= 0.3 is 0 Å². The van der Waals surface area contributed by atoms with Gasteiger partial charge in [0.05, 0.1) is 17.4 Å². The maximum Gasteiger partial charge on any atom is 0.228 e. The highest BCUT2D eigenvalue weighted by Crippen LogP contribution is 2.23. The Kier molecular flexibility index (Phi) is 5.73. The van der Waals surface area contributed by atoms with Crippen molar-refractivity contribution in [3.8, 4) is 11.3 Å². The molecule has 26 heavy (non-hydrogen) atoms. The fraction of sp³-hybridized carbons (Fsp3) is 0.444. The van der Waals surface area contributed by atoms with Gasteiger partial charge in [0.25, 0.3) is 0 Å². The zero-order chi connectivity index (χ0) is 18.6. The Bertz CT molecular complexity index is 832. The molecule has 1 amide bonds. The molecule has 2 heterocycles. The van der Waals surface area contributed by atoms with E-state index in [0.717, 1.165) is 11.3 Å². The molecule has 1 atom stereocenters. The molecule has 0 spiro atoms. The Morgan fingerprint density at radius 1 is 1.31 bits per heavy atom. The highest BCUT2D eigenvalue weighted by molar-refractivity contribution is 7.89. The van der Waals surface area contributed by atoms with Crippen molar-refractivity contribution in [2.45, 2.75) is 26.2 Å². The Hall–Kier alpha value is -2.19. The Morgan fingerprint density at radius 2 is 2.08 bits per heavy atom. The third kappa shape index (κ3) is 4.31. The molecule has 140 valence electrons. The van der Waals surface area contributed by atoms with Gasteiger partial charge in [-0.1, -0.05) is 19.1 Å². The van der Waals surface area contributed by atoms with Gasteiger partial charge in [0.1, 0.15) is 0 Å². The first kappa shape index (κ1) is 18.6. The lowest BCUT2D eigenvalue weighted by molar-refractivity contribution is -0.120. The average Bonchev–Trinajstić information content (AvgIpc) is 3.17. The number of hydrogen-bond acceptors (Lipinski definition) is 4. The molecule has 7 nitrogen and oxygen atoms in total. The minimum absolute atomic E-state index is 0.129. The largest absolute Gasteiger partial charge is 0.326 e. The van der Waals surface area contributed by atoms with Crippen molar-refractivity contribution >= 4 is 21.6 Å². The summed E-state index contributed by atoms with van der Waals surface area (Å²) >= 11 is 0. The van der Waals surface area contributed by atoms with Gasteiger partial charge < -0.3 is 5.32 Å².